The van der Waals surface area contributed by atoms with Crippen LogP contribution in [0.3, 0.4) is 0 Å². The lowest BCUT2D eigenvalue weighted by atomic mass is 10.6. The Morgan fingerprint density at radius 2 is 1.91 bits per heavy atom. The average Bonchev–Trinajstić information content (AvgIpc) is 1.80. The lowest BCUT2D eigenvalue weighted by molar-refractivity contribution is -0.122. The van der Waals surface area contributed by atoms with E-state index in [1.165, 1.54) is 4.90 Å². The van der Waals surface area contributed by atoms with Crippen molar-refractivity contribution in [3.05, 3.63) is 0 Å². The van der Waals surface area contributed by atoms with E-state index in [0.717, 1.165) is 0 Å². The van der Waals surface area contributed by atoms with Gasteiger partial charge in [-0.15, -0.1) is 0 Å². The van der Waals surface area contributed by atoms with E-state index in [4.69, 9.17) is 0 Å². The van der Waals surface area contributed by atoms with Crippen molar-refractivity contribution in [2.24, 2.45) is 0 Å². The zero-order valence-electron chi connectivity index (χ0n) is 6.20. The van der Waals surface area contributed by atoms with Crippen LogP contribution in [-0.2, 0) is 0 Å². The molecule has 0 aliphatic rings. The first kappa shape index (κ1) is 10.5. The molecule has 0 saturated heterocycles. The molecular weight excluding hydrogens is 177 g/mol. The molecule has 0 unspecified atom stereocenters. The number of thiocarbonyl (C=S) groups is 1. The third kappa shape index (κ3) is 5.90. The Morgan fingerprint density at radius 1 is 1.45 bits per heavy atom. The van der Waals surface area contributed by atoms with Crippen LogP contribution in [0.15, 0.2) is 0 Å². The van der Waals surface area contributed by atoms with E-state index in [-0.39, 0.29) is 5.11 Å². The van der Waals surface area contributed by atoms with Gasteiger partial charge in [0.2, 0.25) is 0 Å². The molecule has 0 spiro atoms. The summed E-state index contributed by atoms with van der Waals surface area (Å²) in [4.78, 5) is 1.40. The maximum absolute atomic E-state index is 11.5. The second-order valence-corrected chi connectivity index (χ2v) is 2.56. The molecule has 0 bridgehead atoms. The summed E-state index contributed by atoms with van der Waals surface area (Å²) in [6, 6.07) is 0. The van der Waals surface area contributed by atoms with Crippen LogP contribution >= 0.6 is 12.2 Å². The highest BCUT2D eigenvalue weighted by atomic mass is 32.1. The van der Waals surface area contributed by atoms with Crippen LogP contribution in [0.1, 0.15) is 0 Å². The summed E-state index contributed by atoms with van der Waals surface area (Å²) >= 11 is 4.56. The molecule has 0 amide bonds. The normalized spacial score (nSPS) is 11.0. The summed E-state index contributed by atoms with van der Waals surface area (Å²) in [6.07, 6.45) is -4.21. The van der Waals surface area contributed by atoms with E-state index in [2.05, 4.69) is 17.5 Å². The van der Waals surface area contributed by atoms with Crippen molar-refractivity contribution in [2.75, 3.05) is 20.6 Å². The number of nitrogens with zero attached hydrogens (tertiary/aromatic N) is 1. The number of alkyl halides is 3. The van der Waals surface area contributed by atoms with E-state index in [1.54, 1.807) is 14.1 Å². The Hall–Kier alpha value is -0.520. The summed E-state index contributed by atoms with van der Waals surface area (Å²) in [5, 5.41) is 2.14. The van der Waals surface area contributed by atoms with E-state index in [9.17, 15) is 13.2 Å². The monoisotopic (exact) mass is 186 g/mol. The van der Waals surface area contributed by atoms with Crippen molar-refractivity contribution in [3.8, 4) is 0 Å². The van der Waals surface area contributed by atoms with Crippen LogP contribution in [0.4, 0.5) is 13.2 Å². The molecule has 0 aromatic carbocycles. The number of hydrogen-bond acceptors (Lipinski definition) is 1. The number of halogens is 3. The standard InChI is InChI=1S/C5H9F3N2S/c1-10(2)4(11)9-3-5(6,7)8/h3H2,1-2H3,(H,9,11). The molecule has 2 nitrogen and oxygen atoms in total. The van der Waals surface area contributed by atoms with Crippen molar-refractivity contribution in [3.63, 3.8) is 0 Å². The molecule has 0 saturated carbocycles. The van der Waals surface area contributed by atoms with Gasteiger partial charge in [0.25, 0.3) is 0 Å². The van der Waals surface area contributed by atoms with E-state index in [0.29, 0.717) is 0 Å². The van der Waals surface area contributed by atoms with Crippen LogP contribution in [0.2, 0.25) is 0 Å². The highest BCUT2D eigenvalue weighted by molar-refractivity contribution is 7.80. The Bertz CT molecular complexity index is 143. The third-order valence-corrected chi connectivity index (χ3v) is 1.36. The molecule has 0 aromatic rings. The molecule has 66 valence electrons. The highest BCUT2D eigenvalue weighted by Gasteiger charge is 2.27. The summed E-state index contributed by atoms with van der Waals surface area (Å²) in [7, 11) is 3.15. The first-order valence-electron chi connectivity index (χ1n) is 2.85. The molecule has 6 heteroatoms. The molecule has 0 rings (SSSR count). The van der Waals surface area contributed by atoms with Gasteiger partial charge in [0, 0.05) is 14.1 Å². The van der Waals surface area contributed by atoms with Crippen molar-refractivity contribution in [1.82, 2.24) is 10.2 Å². The van der Waals surface area contributed by atoms with Gasteiger partial charge in [-0.1, -0.05) is 0 Å². The molecule has 0 aliphatic heterocycles. The minimum absolute atomic E-state index is 0.0855. The molecule has 0 aromatic heterocycles. The fraction of sp³-hybridized carbons (Fsp3) is 0.800. The third-order valence-electron chi connectivity index (χ3n) is 0.846. The molecule has 1 N–H and O–H groups in total. The molecule has 0 fully saturated rings. The lowest BCUT2D eigenvalue weighted by Crippen LogP contribution is -2.39. The highest BCUT2D eigenvalue weighted by Crippen LogP contribution is 2.12. The zero-order valence-corrected chi connectivity index (χ0v) is 7.01. The van der Waals surface area contributed by atoms with Gasteiger partial charge in [0.05, 0.1) is 0 Å². The quantitative estimate of drug-likeness (QED) is 0.615. The van der Waals surface area contributed by atoms with Gasteiger partial charge in [-0.2, -0.15) is 13.2 Å². The number of hydrogen-bond donors (Lipinski definition) is 1. The van der Waals surface area contributed by atoms with E-state index < -0.39 is 12.7 Å². The van der Waals surface area contributed by atoms with Crippen LogP contribution in [0, 0.1) is 0 Å². The van der Waals surface area contributed by atoms with Crippen LogP contribution < -0.4 is 5.32 Å². The topological polar surface area (TPSA) is 15.3 Å². The molecular formula is C5H9F3N2S. The van der Waals surface area contributed by atoms with Crippen molar-refractivity contribution in [1.29, 1.82) is 0 Å². The van der Waals surface area contributed by atoms with Crippen LogP contribution in [0.5, 0.6) is 0 Å². The fourth-order valence-corrected chi connectivity index (χ4v) is 0.406. The Labute approximate surface area is 68.4 Å². The maximum atomic E-state index is 11.5. The number of nitrogens with one attached hydrogen (secondary N) is 1. The molecule has 0 atom stereocenters. The molecule has 0 heterocycles. The molecule has 11 heavy (non-hydrogen) atoms. The van der Waals surface area contributed by atoms with Gasteiger partial charge < -0.3 is 10.2 Å². The summed E-state index contributed by atoms with van der Waals surface area (Å²) in [5.74, 6) is 0. The average molecular weight is 186 g/mol. The molecule has 0 aliphatic carbocycles. The second-order valence-electron chi connectivity index (χ2n) is 2.17. The van der Waals surface area contributed by atoms with Gasteiger partial charge in [-0.25, -0.2) is 0 Å². The van der Waals surface area contributed by atoms with Gasteiger partial charge in [-0.3, -0.25) is 0 Å². The molecule has 0 radical (unpaired) electrons. The van der Waals surface area contributed by atoms with Crippen molar-refractivity contribution < 1.29 is 13.2 Å². The zero-order chi connectivity index (χ0) is 9.07. The maximum Gasteiger partial charge on any atom is 0.405 e. The summed E-state index contributed by atoms with van der Waals surface area (Å²) in [5.41, 5.74) is 0. The smallest absolute Gasteiger partial charge is 0.355 e. The van der Waals surface area contributed by atoms with Crippen molar-refractivity contribution >= 4 is 17.3 Å². The second kappa shape index (κ2) is 3.75. The predicted molar refractivity (Wildman–Crippen MR) is 40.3 cm³/mol. The largest absolute Gasteiger partial charge is 0.405 e. The Balaban J connectivity index is 3.64. The minimum Gasteiger partial charge on any atom is -0.355 e. The Morgan fingerprint density at radius 3 is 2.18 bits per heavy atom. The first-order chi connectivity index (χ1) is 4.83. The SMILES string of the molecule is CN(C)C(=S)NCC(F)(F)F. The van der Waals surface area contributed by atoms with Crippen molar-refractivity contribution in [2.45, 2.75) is 6.18 Å². The fourth-order valence-electron chi connectivity index (χ4n) is 0.334. The predicted octanol–water partition coefficient (Wildman–Crippen LogP) is 0.985. The van der Waals surface area contributed by atoms with Crippen LogP contribution in [-0.4, -0.2) is 36.8 Å². The van der Waals surface area contributed by atoms with Crippen LogP contribution in [0.25, 0.3) is 0 Å². The Kier molecular flexibility index (Phi) is 3.57. The van der Waals surface area contributed by atoms with Gasteiger partial charge >= 0.3 is 6.18 Å². The van der Waals surface area contributed by atoms with Gasteiger partial charge in [0.15, 0.2) is 5.11 Å². The summed E-state index contributed by atoms with van der Waals surface area (Å²) < 4.78 is 34.6. The van der Waals surface area contributed by atoms with Gasteiger partial charge in [0.1, 0.15) is 6.54 Å². The minimum atomic E-state index is -4.21. The summed E-state index contributed by atoms with van der Waals surface area (Å²) in [6.45, 7) is -1.08. The first-order valence-corrected chi connectivity index (χ1v) is 3.25. The van der Waals surface area contributed by atoms with Gasteiger partial charge in [-0.05, 0) is 12.2 Å². The lowest BCUT2D eigenvalue weighted by Gasteiger charge is -2.16. The van der Waals surface area contributed by atoms with E-state index in [1.807, 2.05) is 0 Å². The number of rotatable bonds is 1. The van der Waals surface area contributed by atoms with E-state index >= 15 is 0 Å².